The number of rotatable bonds is 11. The summed E-state index contributed by atoms with van der Waals surface area (Å²) < 4.78 is 23.2. The number of fused-ring (bicyclic) bond motifs is 3. The highest BCUT2D eigenvalue weighted by Gasteiger charge is 2.56. The zero-order valence-corrected chi connectivity index (χ0v) is 39.2. The van der Waals surface area contributed by atoms with Gasteiger partial charge in [-0.15, -0.1) is 0 Å². The van der Waals surface area contributed by atoms with Gasteiger partial charge in [-0.3, -0.25) is 14.4 Å². The fraction of sp³-hybridized carbons (Fsp3) is 0.471. The molecule has 17 heteroatoms. The Morgan fingerprint density at radius 3 is 2.01 bits per heavy atom. The van der Waals surface area contributed by atoms with Crippen molar-refractivity contribution in [2.24, 2.45) is 17.8 Å². The molecule has 5 aromatic rings. The molecule has 6 atom stereocenters. The minimum Gasteiger partial charge on any atom is -0.453 e. The Kier molecular flexibility index (Phi) is 11.6. The van der Waals surface area contributed by atoms with Crippen LogP contribution >= 0.6 is 0 Å². The average molecular weight is 927 g/mol. The third-order valence-electron chi connectivity index (χ3n) is 14.5. The van der Waals surface area contributed by atoms with Crippen molar-refractivity contribution >= 4 is 34.9 Å². The maximum Gasteiger partial charge on any atom is 0.407 e. The van der Waals surface area contributed by atoms with E-state index in [2.05, 4.69) is 20.6 Å². The Balaban J connectivity index is 0.910. The number of imidazole rings is 1. The first-order valence-corrected chi connectivity index (χ1v) is 23.8. The summed E-state index contributed by atoms with van der Waals surface area (Å²) in [5, 5.41) is 5.82. The van der Waals surface area contributed by atoms with Gasteiger partial charge in [0.15, 0.2) is 11.5 Å². The highest BCUT2D eigenvalue weighted by molar-refractivity contribution is 5.90. The van der Waals surface area contributed by atoms with Gasteiger partial charge in [0.1, 0.15) is 23.7 Å². The Bertz CT molecular complexity index is 2850. The molecular formula is C51H58N8O9. The lowest BCUT2D eigenvalue weighted by atomic mass is 9.96. The van der Waals surface area contributed by atoms with Crippen LogP contribution in [0.1, 0.15) is 103 Å². The van der Waals surface area contributed by atoms with E-state index in [-0.39, 0.29) is 41.3 Å². The number of benzene rings is 3. The molecule has 356 valence electrons. The number of nitrogens with zero attached hydrogens (tertiary/aromatic N) is 4. The van der Waals surface area contributed by atoms with Gasteiger partial charge in [-0.2, -0.15) is 0 Å². The van der Waals surface area contributed by atoms with E-state index < -0.39 is 36.1 Å². The number of ether oxygens (including phenoxy) is 4. The molecule has 2 saturated carbocycles. The molecule has 3 aliphatic heterocycles. The largest absolute Gasteiger partial charge is 0.453 e. The number of methoxy groups -OCH3 is 2. The molecule has 2 unspecified atom stereocenters. The molecule has 4 amide bonds. The molecule has 68 heavy (non-hydrogen) atoms. The van der Waals surface area contributed by atoms with E-state index in [1.54, 1.807) is 16.0 Å². The lowest BCUT2D eigenvalue weighted by Crippen LogP contribution is -2.52. The molecule has 5 heterocycles. The second-order valence-electron chi connectivity index (χ2n) is 19.5. The molecule has 2 aliphatic carbocycles. The fourth-order valence-corrected chi connectivity index (χ4v) is 10.8. The van der Waals surface area contributed by atoms with Crippen LogP contribution in [0.25, 0.3) is 44.4 Å². The van der Waals surface area contributed by atoms with Crippen LogP contribution in [0.2, 0.25) is 0 Å². The quantitative estimate of drug-likeness (QED) is 0.101. The third-order valence-corrected chi connectivity index (χ3v) is 14.5. The maximum absolute atomic E-state index is 14.0. The molecular weight excluding hydrogens is 869 g/mol. The standard InChI is InChI=1S/C51H58N8O9/c1-26(2)40(55-49(63)65-5)47(61)58-21-9-10-37(58)44-52-25-36(54-44)29-13-11-28(12-14-29)32-16-17-33(43-42(32)67-51(68-43)19-7-8-20-51)30-15-18-35-34(22-30)46(60)57-45(53-35)39-24-31-23-38(31)59(39)48(62)41(27(3)4)56-50(64)66-6/h11-18,22,25-27,31,37-41H,7-10,19-21,23-24H2,1-6H3,(H,52,54)(H,55,63)(H,56,64)(H,53,57,60)/t31?,37-,38?,39-,40-,41-/m0/s1. The van der Waals surface area contributed by atoms with Crippen LogP contribution < -0.4 is 25.7 Å². The highest BCUT2D eigenvalue weighted by Crippen LogP contribution is 2.56. The first kappa shape index (κ1) is 44.9. The van der Waals surface area contributed by atoms with E-state index in [0.29, 0.717) is 52.9 Å². The first-order valence-electron chi connectivity index (χ1n) is 23.8. The summed E-state index contributed by atoms with van der Waals surface area (Å²) in [7, 11) is 2.56. The molecule has 4 fully saturated rings. The predicted octanol–water partition coefficient (Wildman–Crippen LogP) is 7.78. The molecule has 5 aliphatic rings. The molecule has 2 saturated heterocycles. The van der Waals surface area contributed by atoms with Crippen LogP contribution in [-0.4, -0.2) is 98.4 Å². The summed E-state index contributed by atoms with van der Waals surface area (Å²) in [5.41, 5.74) is 5.33. The number of H-pyrrole nitrogens is 2. The molecule has 0 radical (unpaired) electrons. The van der Waals surface area contributed by atoms with Gasteiger partial charge < -0.3 is 49.3 Å². The molecule has 4 N–H and O–H groups in total. The van der Waals surface area contributed by atoms with E-state index in [0.717, 1.165) is 78.5 Å². The van der Waals surface area contributed by atoms with E-state index in [4.69, 9.17) is 28.9 Å². The summed E-state index contributed by atoms with van der Waals surface area (Å²) in [5.74, 6) is 1.26. The van der Waals surface area contributed by atoms with Gasteiger partial charge in [0.2, 0.25) is 11.8 Å². The minimum atomic E-state index is -0.782. The summed E-state index contributed by atoms with van der Waals surface area (Å²) in [6, 6.07) is 15.7. The number of carbonyl (C=O) groups excluding carboxylic acids is 4. The summed E-state index contributed by atoms with van der Waals surface area (Å²) in [6.07, 6.45) is 7.10. The summed E-state index contributed by atoms with van der Waals surface area (Å²) >= 11 is 0. The zero-order valence-electron chi connectivity index (χ0n) is 39.2. The fourth-order valence-electron chi connectivity index (χ4n) is 10.8. The number of hydrogen-bond donors (Lipinski definition) is 4. The molecule has 2 aromatic heterocycles. The maximum atomic E-state index is 14.0. The second kappa shape index (κ2) is 17.6. The number of alkyl carbamates (subject to hydrolysis) is 2. The van der Waals surface area contributed by atoms with Crippen LogP contribution in [0.5, 0.6) is 11.5 Å². The number of aromatic nitrogens is 4. The van der Waals surface area contributed by atoms with E-state index >= 15 is 0 Å². The van der Waals surface area contributed by atoms with Crippen molar-refractivity contribution in [3.8, 4) is 45.0 Å². The van der Waals surface area contributed by atoms with Crippen LogP contribution in [0, 0.1) is 17.8 Å². The van der Waals surface area contributed by atoms with Crippen molar-refractivity contribution in [2.75, 3.05) is 20.8 Å². The second-order valence-corrected chi connectivity index (χ2v) is 19.5. The number of nitrogens with one attached hydrogen (secondary N) is 4. The minimum absolute atomic E-state index is 0.0334. The SMILES string of the molecule is COC(=O)N[C@H](C(=O)N1CCC[C@H]1c1ncc(-c2ccc(-c3ccc(-c4ccc5nc([C@@H]6CC7CC7N6C(=O)[C@@H](NC(=O)OC)C(C)C)[nH]c(=O)c5c4)c4c3OC3(CCCC3)O4)cc2)[nH]1)C(C)C. The Labute approximate surface area is 393 Å². The molecule has 1 spiro atoms. The van der Waals surface area contributed by atoms with Crippen LogP contribution in [-0.2, 0) is 19.1 Å². The van der Waals surface area contributed by atoms with Gasteiger partial charge >= 0.3 is 12.2 Å². The Morgan fingerprint density at radius 2 is 1.37 bits per heavy atom. The summed E-state index contributed by atoms with van der Waals surface area (Å²) in [6.45, 7) is 8.11. The van der Waals surface area contributed by atoms with Crippen molar-refractivity contribution in [3.63, 3.8) is 0 Å². The van der Waals surface area contributed by atoms with E-state index in [1.165, 1.54) is 14.2 Å². The predicted molar refractivity (Wildman–Crippen MR) is 251 cm³/mol. The number of hydrogen-bond acceptors (Lipinski definition) is 11. The van der Waals surface area contributed by atoms with E-state index in [1.807, 2.05) is 82.3 Å². The topological polar surface area (TPSA) is 210 Å². The van der Waals surface area contributed by atoms with Crippen molar-refractivity contribution < 1.29 is 38.1 Å². The van der Waals surface area contributed by atoms with Crippen molar-refractivity contribution in [1.29, 1.82) is 0 Å². The Hall–Kier alpha value is -6.91. The summed E-state index contributed by atoms with van der Waals surface area (Å²) in [4.78, 5) is 85.7. The van der Waals surface area contributed by atoms with Gasteiger partial charge in [0.05, 0.1) is 49.1 Å². The monoisotopic (exact) mass is 926 g/mol. The lowest BCUT2D eigenvalue weighted by Gasteiger charge is -2.32. The molecule has 10 rings (SSSR count). The van der Waals surface area contributed by atoms with Crippen LogP contribution in [0.4, 0.5) is 9.59 Å². The van der Waals surface area contributed by atoms with Gasteiger partial charge in [0.25, 0.3) is 11.3 Å². The number of amides is 4. The van der Waals surface area contributed by atoms with Crippen LogP contribution in [0.3, 0.4) is 0 Å². The van der Waals surface area contributed by atoms with Gasteiger partial charge in [0, 0.05) is 36.6 Å². The number of piperidine rings is 1. The van der Waals surface area contributed by atoms with Crippen molar-refractivity contribution in [1.82, 2.24) is 40.4 Å². The lowest BCUT2D eigenvalue weighted by molar-refractivity contribution is -0.137. The number of likely N-dealkylation sites (tertiary alicyclic amines) is 2. The highest BCUT2D eigenvalue weighted by atomic mass is 16.7. The molecule has 0 bridgehead atoms. The molecule has 17 nitrogen and oxygen atoms in total. The van der Waals surface area contributed by atoms with Crippen LogP contribution in [0.15, 0.2) is 65.6 Å². The van der Waals surface area contributed by atoms with Crippen molar-refractivity contribution in [3.05, 3.63) is 82.8 Å². The van der Waals surface area contributed by atoms with Gasteiger partial charge in [-0.05, 0) is 97.2 Å². The Morgan fingerprint density at radius 1 is 0.750 bits per heavy atom. The number of aromatic amines is 2. The normalized spacial score (nSPS) is 21.9. The first-order chi connectivity index (χ1) is 32.8. The van der Waals surface area contributed by atoms with Gasteiger partial charge in [-0.1, -0.05) is 58.0 Å². The number of carbonyl (C=O) groups is 4. The van der Waals surface area contributed by atoms with E-state index in [9.17, 15) is 24.0 Å². The zero-order chi connectivity index (χ0) is 47.6. The molecule has 3 aromatic carbocycles. The average Bonchev–Trinajstić information content (AvgIpc) is 3.99. The van der Waals surface area contributed by atoms with Crippen molar-refractivity contribution in [2.45, 2.75) is 115 Å². The van der Waals surface area contributed by atoms with Gasteiger partial charge in [-0.25, -0.2) is 19.6 Å². The third kappa shape index (κ3) is 8.08. The smallest absolute Gasteiger partial charge is 0.407 e.